The van der Waals surface area contributed by atoms with E-state index in [-0.39, 0.29) is 5.82 Å². The van der Waals surface area contributed by atoms with Gasteiger partial charge in [-0.15, -0.1) is 0 Å². The first-order valence-corrected chi connectivity index (χ1v) is 6.96. The maximum Gasteiger partial charge on any atom is 0.123 e. The third kappa shape index (κ3) is 3.81. The first kappa shape index (κ1) is 14.5. The Bertz CT molecular complexity index is 537. The number of hydrogen-bond acceptors (Lipinski definition) is 2. The van der Waals surface area contributed by atoms with Crippen molar-refractivity contribution in [2.24, 2.45) is 0 Å². The van der Waals surface area contributed by atoms with Crippen molar-refractivity contribution in [3.05, 3.63) is 65.5 Å². The van der Waals surface area contributed by atoms with Gasteiger partial charge < -0.3 is 10.2 Å². The number of nitrogens with one attached hydrogen (secondary N) is 1. The highest BCUT2D eigenvalue weighted by molar-refractivity contribution is 5.47. The Balaban J connectivity index is 2.13. The number of benzene rings is 2. The third-order valence-corrected chi connectivity index (χ3v) is 3.32. The van der Waals surface area contributed by atoms with Crippen LogP contribution in [0.4, 0.5) is 10.1 Å². The number of halogens is 1. The fourth-order valence-corrected chi connectivity index (χ4v) is 2.30. The van der Waals surface area contributed by atoms with Gasteiger partial charge in [0.05, 0.1) is 0 Å². The van der Waals surface area contributed by atoms with Crippen molar-refractivity contribution >= 4 is 5.69 Å². The molecule has 0 fully saturated rings. The summed E-state index contributed by atoms with van der Waals surface area (Å²) in [7, 11) is 1.95. The normalized spacial score (nSPS) is 10.6. The molecule has 0 aromatic heterocycles. The molecule has 0 saturated heterocycles. The van der Waals surface area contributed by atoms with Crippen molar-refractivity contribution in [2.75, 3.05) is 18.5 Å². The van der Waals surface area contributed by atoms with E-state index < -0.39 is 0 Å². The lowest BCUT2D eigenvalue weighted by Crippen LogP contribution is -2.22. The number of anilines is 1. The summed E-state index contributed by atoms with van der Waals surface area (Å²) in [5.41, 5.74) is 3.59. The van der Waals surface area contributed by atoms with Crippen molar-refractivity contribution < 1.29 is 4.39 Å². The van der Waals surface area contributed by atoms with Gasteiger partial charge in [-0.3, -0.25) is 0 Å². The maximum absolute atomic E-state index is 13.0. The van der Waals surface area contributed by atoms with Gasteiger partial charge in [0.25, 0.3) is 0 Å². The standard InChI is InChI=1S/C17H21FN2/c1-3-20(17-9-7-16(18)8-10-17)13-15-6-4-5-14(11-15)12-19-2/h4-11,19H,3,12-13H2,1-2H3. The predicted octanol–water partition coefficient (Wildman–Crippen LogP) is 3.57. The Kier molecular flexibility index (Phi) is 5.13. The Morgan fingerprint density at radius 2 is 1.75 bits per heavy atom. The molecule has 0 aliphatic rings. The minimum Gasteiger partial charge on any atom is -0.367 e. The summed E-state index contributed by atoms with van der Waals surface area (Å²) < 4.78 is 13.0. The SMILES string of the molecule is CCN(Cc1cccc(CNC)c1)c1ccc(F)cc1. The van der Waals surface area contributed by atoms with E-state index in [1.165, 1.54) is 23.3 Å². The Morgan fingerprint density at radius 3 is 2.40 bits per heavy atom. The average Bonchev–Trinajstić information content (AvgIpc) is 2.47. The Labute approximate surface area is 120 Å². The van der Waals surface area contributed by atoms with Gasteiger partial charge in [-0.05, 0) is 49.4 Å². The van der Waals surface area contributed by atoms with Crippen LogP contribution in [0.5, 0.6) is 0 Å². The van der Waals surface area contributed by atoms with E-state index in [2.05, 4.69) is 41.4 Å². The molecule has 20 heavy (non-hydrogen) atoms. The second-order valence-electron chi connectivity index (χ2n) is 4.84. The molecule has 1 N–H and O–H groups in total. The van der Waals surface area contributed by atoms with Crippen molar-refractivity contribution in [1.29, 1.82) is 0 Å². The molecule has 106 valence electrons. The topological polar surface area (TPSA) is 15.3 Å². The molecule has 2 aromatic rings. The van der Waals surface area contributed by atoms with Gasteiger partial charge in [-0.2, -0.15) is 0 Å². The fraction of sp³-hybridized carbons (Fsp3) is 0.294. The summed E-state index contributed by atoms with van der Waals surface area (Å²) in [5.74, 6) is -0.194. The van der Waals surface area contributed by atoms with Crippen molar-refractivity contribution in [2.45, 2.75) is 20.0 Å². The van der Waals surface area contributed by atoms with Crippen LogP contribution in [0.1, 0.15) is 18.1 Å². The molecule has 0 spiro atoms. The molecule has 0 atom stereocenters. The van der Waals surface area contributed by atoms with E-state index >= 15 is 0 Å². The quantitative estimate of drug-likeness (QED) is 0.865. The molecule has 0 aliphatic heterocycles. The average molecular weight is 272 g/mol. The lowest BCUT2D eigenvalue weighted by atomic mass is 10.1. The second kappa shape index (κ2) is 7.06. The molecule has 2 aromatic carbocycles. The molecule has 0 radical (unpaired) electrons. The third-order valence-electron chi connectivity index (χ3n) is 3.32. The summed E-state index contributed by atoms with van der Waals surface area (Å²) in [5, 5.41) is 3.16. The molecule has 0 unspecified atom stereocenters. The van der Waals surface area contributed by atoms with Crippen LogP contribution in [-0.2, 0) is 13.1 Å². The van der Waals surface area contributed by atoms with Gasteiger partial charge in [-0.1, -0.05) is 24.3 Å². The van der Waals surface area contributed by atoms with Crippen LogP contribution in [0.2, 0.25) is 0 Å². The molecule has 2 nitrogen and oxygen atoms in total. The monoisotopic (exact) mass is 272 g/mol. The fourth-order valence-electron chi connectivity index (χ4n) is 2.30. The summed E-state index contributed by atoms with van der Waals surface area (Å²) in [6.45, 7) is 4.71. The van der Waals surface area contributed by atoms with E-state index in [0.29, 0.717) is 0 Å². The zero-order valence-corrected chi connectivity index (χ0v) is 12.1. The molecule has 2 rings (SSSR count). The molecular weight excluding hydrogens is 251 g/mol. The summed E-state index contributed by atoms with van der Waals surface area (Å²) in [6, 6.07) is 15.2. The zero-order valence-electron chi connectivity index (χ0n) is 12.1. The lowest BCUT2D eigenvalue weighted by Gasteiger charge is -2.23. The van der Waals surface area contributed by atoms with E-state index in [9.17, 15) is 4.39 Å². The highest BCUT2D eigenvalue weighted by Crippen LogP contribution is 2.18. The van der Waals surface area contributed by atoms with Crippen LogP contribution < -0.4 is 10.2 Å². The van der Waals surface area contributed by atoms with Gasteiger partial charge in [0.1, 0.15) is 5.82 Å². The molecular formula is C17H21FN2. The Morgan fingerprint density at radius 1 is 1.05 bits per heavy atom. The van der Waals surface area contributed by atoms with E-state index in [1.807, 2.05) is 19.2 Å². The van der Waals surface area contributed by atoms with Gasteiger partial charge in [-0.25, -0.2) is 4.39 Å². The summed E-state index contributed by atoms with van der Waals surface area (Å²) in [4.78, 5) is 2.23. The molecule has 0 heterocycles. The maximum atomic E-state index is 13.0. The highest BCUT2D eigenvalue weighted by Gasteiger charge is 2.06. The molecule has 0 saturated carbocycles. The number of hydrogen-bond donors (Lipinski definition) is 1. The van der Waals surface area contributed by atoms with Crippen LogP contribution >= 0.6 is 0 Å². The molecule has 0 amide bonds. The smallest absolute Gasteiger partial charge is 0.123 e. The van der Waals surface area contributed by atoms with Crippen molar-refractivity contribution in [3.8, 4) is 0 Å². The summed E-state index contributed by atoms with van der Waals surface area (Å²) in [6.07, 6.45) is 0. The minimum atomic E-state index is -0.194. The van der Waals surface area contributed by atoms with E-state index in [4.69, 9.17) is 0 Å². The first-order valence-electron chi connectivity index (χ1n) is 6.96. The van der Waals surface area contributed by atoms with Crippen LogP contribution in [-0.4, -0.2) is 13.6 Å². The zero-order chi connectivity index (χ0) is 14.4. The molecule has 0 aliphatic carbocycles. The highest BCUT2D eigenvalue weighted by atomic mass is 19.1. The van der Waals surface area contributed by atoms with Crippen molar-refractivity contribution in [1.82, 2.24) is 5.32 Å². The largest absolute Gasteiger partial charge is 0.367 e. The van der Waals surface area contributed by atoms with Gasteiger partial charge in [0.2, 0.25) is 0 Å². The Hall–Kier alpha value is -1.87. The van der Waals surface area contributed by atoms with Gasteiger partial charge >= 0.3 is 0 Å². The van der Waals surface area contributed by atoms with Crippen LogP contribution in [0.3, 0.4) is 0 Å². The van der Waals surface area contributed by atoms with E-state index in [0.717, 1.165) is 25.3 Å². The number of rotatable bonds is 6. The van der Waals surface area contributed by atoms with E-state index in [1.54, 1.807) is 0 Å². The molecule has 3 heteroatoms. The number of nitrogens with zero attached hydrogens (tertiary/aromatic N) is 1. The van der Waals surface area contributed by atoms with Gasteiger partial charge in [0, 0.05) is 25.3 Å². The summed E-state index contributed by atoms with van der Waals surface area (Å²) >= 11 is 0. The predicted molar refractivity (Wildman–Crippen MR) is 82.3 cm³/mol. The lowest BCUT2D eigenvalue weighted by molar-refractivity contribution is 0.627. The van der Waals surface area contributed by atoms with Crippen LogP contribution in [0, 0.1) is 5.82 Å². The van der Waals surface area contributed by atoms with Gasteiger partial charge in [0.15, 0.2) is 0 Å². The minimum absolute atomic E-state index is 0.194. The molecule has 0 bridgehead atoms. The van der Waals surface area contributed by atoms with Crippen LogP contribution in [0.15, 0.2) is 48.5 Å². The van der Waals surface area contributed by atoms with Crippen molar-refractivity contribution in [3.63, 3.8) is 0 Å². The first-order chi connectivity index (χ1) is 9.72. The second-order valence-corrected chi connectivity index (χ2v) is 4.84. The van der Waals surface area contributed by atoms with Crippen LogP contribution in [0.25, 0.3) is 0 Å².